The van der Waals surface area contributed by atoms with Gasteiger partial charge in [0.15, 0.2) is 0 Å². The van der Waals surface area contributed by atoms with Gasteiger partial charge >= 0.3 is 0 Å². The number of hydrogen-bond acceptors (Lipinski definition) is 3. The van der Waals surface area contributed by atoms with Crippen LogP contribution in [0.25, 0.3) is 0 Å². The van der Waals surface area contributed by atoms with E-state index in [0.29, 0.717) is 0 Å². The van der Waals surface area contributed by atoms with Gasteiger partial charge in [0.05, 0.1) is 0 Å². The Balaban J connectivity index is 0. The molecule has 5 heavy (non-hydrogen) atoms. The van der Waals surface area contributed by atoms with Gasteiger partial charge in [-0.05, 0) is 0 Å². The van der Waals surface area contributed by atoms with Crippen molar-refractivity contribution in [3.63, 3.8) is 0 Å². The van der Waals surface area contributed by atoms with Crippen molar-refractivity contribution in [1.29, 1.82) is 0 Å². The van der Waals surface area contributed by atoms with E-state index in [-0.39, 0.29) is 4.70 Å². The Bertz CT molecular complexity index is 14.4. The second kappa shape index (κ2) is 4.24. The Labute approximate surface area is 29.8 Å². The zero-order chi connectivity index (χ0) is 3.58. The minimum Gasteiger partial charge on any atom is -0.338 e. The molecule has 0 saturated carbocycles. The molecule has 0 spiro atoms. The maximum absolute atomic E-state index is 7.45. The van der Waals surface area contributed by atoms with Crippen LogP contribution in [0.3, 0.4) is 0 Å². The predicted octanol–water partition coefficient (Wildman–Crippen LogP) is -0.691. The highest BCUT2D eigenvalue weighted by Crippen LogP contribution is 2.05. The molecule has 0 unspecified atom stereocenters. The van der Waals surface area contributed by atoms with Gasteiger partial charge in [0.1, 0.15) is 0 Å². The molecular formula is H5FNO2P. The standard InChI is InChI=1S/FH.H4NO2P/c;1-4(2)3/h1H;2-3H,1H2. The van der Waals surface area contributed by atoms with Crippen LogP contribution in [-0.2, 0) is 0 Å². The second-order valence-electron chi connectivity index (χ2n) is 0.320. The van der Waals surface area contributed by atoms with Gasteiger partial charge < -0.3 is 9.79 Å². The first-order valence-electron chi connectivity index (χ1n) is 0.658. The van der Waals surface area contributed by atoms with Crippen molar-refractivity contribution < 1.29 is 14.5 Å². The third-order valence-electron chi connectivity index (χ3n) is 0. The summed E-state index contributed by atoms with van der Waals surface area (Å²) in [4.78, 5) is 14.9. The van der Waals surface area contributed by atoms with Gasteiger partial charge in [-0.2, -0.15) is 0 Å². The van der Waals surface area contributed by atoms with Crippen molar-refractivity contribution in [3.8, 4) is 0 Å². The maximum Gasteiger partial charge on any atom is 0.247 e. The van der Waals surface area contributed by atoms with E-state index in [0.717, 1.165) is 0 Å². The maximum atomic E-state index is 7.45. The van der Waals surface area contributed by atoms with E-state index in [9.17, 15) is 0 Å². The molecule has 0 radical (unpaired) electrons. The molecule has 0 aromatic rings. The van der Waals surface area contributed by atoms with Gasteiger partial charge in [0.2, 0.25) is 8.53 Å². The monoisotopic (exact) mass is 101 g/mol. The summed E-state index contributed by atoms with van der Waals surface area (Å²) in [5, 5.41) is 0. The molecule has 5 heteroatoms. The predicted molar refractivity (Wildman–Crippen MR) is 18.0 cm³/mol. The van der Waals surface area contributed by atoms with E-state index in [1.165, 1.54) is 0 Å². The summed E-state index contributed by atoms with van der Waals surface area (Å²) in [6, 6.07) is 0. The number of nitrogens with two attached hydrogens (primary N) is 1. The lowest BCUT2D eigenvalue weighted by atomic mass is 13.9. The third-order valence-corrected chi connectivity index (χ3v) is 0. The van der Waals surface area contributed by atoms with E-state index < -0.39 is 8.53 Å². The van der Waals surface area contributed by atoms with E-state index in [4.69, 9.17) is 9.79 Å². The fourth-order valence-electron chi connectivity index (χ4n) is 0. The quantitative estimate of drug-likeness (QED) is 0.354. The van der Waals surface area contributed by atoms with Crippen LogP contribution in [0.2, 0.25) is 0 Å². The molecule has 0 bridgehead atoms. The molecule has 0 aliphatic heterocycles. The van der Waals surface area contributed by atoms with E-state index in [2.05, 4.69) is 5.50 Å². The topological polar surface area (TPSA) is 66.5 Å². The molecule has 0 saturated heterocycles. The fraction of sp³-hybridized carbons (Fsp3) is 0. The SMILES string of the molecule is F.NP(O)O. The van der Waals surface area contributed by atoms with E-state index in [1.807, 2.05) is 0 Å². The van der Waals surface area contributed by atoms with Crippen LogP contribution in [0.4, 0.5) is 4.70 Å². The molecule has 0 heterocycles. The van der Waals surface area contributed by atoms with E-state index >= 15 is 0 Å². The van der Waals surface area contributed by atoms with Crippen LogP contribution >= 0.6 is 8.53 Å². The zero-order valence-corrected chi connectivity index (χ0v) is 3.22. The largest absolute Gasteiger partial charge is 0.338 e. The molecule has 0 rings (SSSR count). The highest BCUT2D eigenvalue weighted by Gasteiger charge is 1.72. The summed E-state index contributed by atoms with van der Waals surface area (Å²) < 4.78 is 0. The highest BCUT2D eigenvalue weighted by molar-refractivity contribution is 7.42. The van der Waals surface area contributed by atoms with Crippen molar-refractivity contribution >= 4 is 8.53 Å². The molecule has 3 nitrogen and oxygen atoms in total. The Morgan fingerprint density at radius 3 is 1.40 bits per heavy atom. The molecular weight excluding hydrogens is 96.0 g/mol. The van der Waals surface area contributed by atoms with Crippen molar-refractivity contribution in [2.24, 2.45) is 5.50 Å². The molecule has 0 amide bonds. The third kappa shape index (κ3) is 369. The summed E-state index contributed by atoms with van der Waals surface area (Å²) in [7, 11) is -2.12. The number of hydrogen-bond donors (Lipinski definition) is 3. The van der Waals surface area contributed by atoms with Gasteiger partial charge in [-0.15, -0.1) is 0 Å². The van der Waals surface area contributed by atoms with Crippen LogP contribution in [0.5, 0.6) is 0 Å². The Morgan fingerprint density at radius 2 is 1.40 bits per heavy atom. The van der Waals surface area contributed by atoms with Crippen LogP contribution in [-0.4, -0.2) is 9.79 Å². The molecule has 0 aliphatic rings. The normalized spacial score (nSPS) is 7.20. The number of rotatable bonds is 0. The van der Waals surface area contributed by atoms with Crippen molar-refractivity contribution in [2.45, 2.75) is 0 Å². The molecule has 0 aliphatic carbocycles. The van der Waals surface area contributed by atoms with Crippen LogP contribution in [0.15, 0.2) is 0 Å². The van der Waals surface area contributed by atoms with Gasteiger partial charge in [-0.1, -0.05) is 0 Å². The van der Waals surface area contributed by atoms with Crippen LogP contribution in [0, 0.1) is 0 Å². The fourth-order valence-corrected chi connectivity index (χ4v) is 0. The summed E-state index contributed by atoms with van der Waals surface area (Å²) in [5.41, 5.74) is 4.29. The van der Waals surface area contributed by atoms with Crippen LogP contribution < -0.4 is 5.50 Å². The van der Waals surface area contributed by atoms with Gasteiger partial charge in [0, 0.05) is 0 Å². The summed E-state index contributed by atoms with van der Waals surface area (Å²) in [5.74, 6) is 0. The first kappa shape index (κ1) is 8.97. The van der Waals surface area contributed by atoms with Crippen molar-refractivity contribution in [2.75, 3.05) is 0 Å². The Hall–Kier alpha value is 0.240. The Morgan fingerprint density at radius 1 is 1.40 bits per heavy atom. The zero-order valence-electron chi connectivity index (χ0n) is 2.33. The average Bonchev–Trinajstić information content (AvgIpc) is 0.811. The minimum absolute atomic E-state index is 0. The molecule has 34 valence electrons. The summed E-state index contributed by atoms with van der Waals surface area (Å²) in [6.07, 6.45) is 0. The van der Waals surface area contributed by atoms with E-state index in [1.54, 1.807) is 0 Å². The van der Waals surface area contributed by atoms with Crippen molar-refractivity contribution in [3.05, 3.63) is 0 Å². The Kier molecular flexibility index (Phi) is 7.61. The first-order valence-corrected chi connectivity index (χ1v) is 1.97. The first-order chi connectivity index (χ1) is 1.73. The molecule has 0 aromatic heterocycles. The minimum atomic E-state index is -2.12. The van der Waals surface area contributed by atoms with Gasteiger partial charge in [-0.25, -0.2) is 0 Å². The molecule has 4 N–H and O–H groups in total. The van der Waals surface area contributed by atoms with Crippen molar-refractivity contribution in [1.82, 2.24) is 0 Å². The van der Waals surface area contributed by atoms with Gasteiger partial charge in [0.25, 0.3) is 0 Å². The highest BCUT2D eigenvalue weighted by atomic mass is 31.2. The summed E-state index contributed by atoms with van der Waals surface area (Å²) in [6.45, 7) is 0. The lowest BCUT2D eigenvalue weighted by molar-refractivity contribution is 0.485. The lowest BCUT2D eigenvalue weighted by Gasteiger charge is -1.79. The molecule has 0 atom stereocenters. The lowest BCUT2D eigenvalue weighted by Crippen LogP contribution is -1.78. The smallest absolute Gasteiger partial charge is 0.247 e. The van der Waals surface area contributed by atoms with Crippen LogP contribution in [0.1, 0.15) is 0 Å². The average molecular weight is 101 g/mol. The molecule has 0 aromatic carbocycles. The summed E-state index contributed by atoms with van der Waals surface area (Å²) >= 11 is 0. The molecule has 0 fully saturated rings. The number of halogens is 1. The second-order valence-corrected chi connectivity index (χ2v) is 0.961. The van der Waals surface area contributed by atoms with Gasteiger partial charge in [-0.3, -0.25) is 10.2 Å².